The minimum atomic E-state index is -1.45. The highest BCUT2D eigenvalue weighted by atomic mass is 16.4. The summed E-state index contributed by atoms with van der Waals surface area (Å²) in [7, 11) is 0. The Balaban J connectivity index is 5.48. The summed E-state index contributed by atoms with van der Waals surface area (Å²) >= 11 is 0. The Morgan fingerprint density at radius 1 is 0.848 bits per heavy atom. The largest absolute Gasteiger partial charge is 0.481 e. The molecule has 0 rings (SSSR count). The standard InChI is InChI=1S/C20H35N5O8/c1-5-10(4)16(25-17(29)11(21)8-13(22)26)19(31)24-15(9(2)3)18(30)23-12(20(32)33)6-7-14(27)28/h9-12,15-16H,5-8,21H2,1-4H3,(H2,22,26)(H,23,30)(H,24,31)(H,25,29)(H,27,28)(H,32,33). The first-order valence-electron chi connectivity index (χ1n) is 10.6. The zero-order valence-electron chi connectivity index (χ0n) is 19.3. The number of hydrogen-bond acceptors (Lipinski definition) is 7. The Labute approximate surface area is 192 Å². The molecule has 0 saturated heterocycles. The van der Waals surface area contributed by atoms with Crippen LogP contribution in [0.5, 0.6) is 0 Å². The third-order valence-electron chi connectivity index (χ3n) is 5.06. The van der Waals surface area contributed by atoms with Gasteiger partial charge in [-0.3, -0.25) is 24.0 Å². The van der Waals surface area contributed by atoms with Crippen LogP contribution in [0, 0.1) is 11.8 Å². The fraction of sp³-hybridized carbons (Fsp3) is 0.700. The van der Waals surface area contributed by atoms with Crippen molar-refractivity contribution in [3.63, 3.8) is 0 Å². The molecular formula is C20H35N5O8. The van der Waals surface area contributed by atoms with E-state index < -0.39 is 78.5 Å². The average Bonchev–Trinajstić information content (AvgIpc) is 2.70. The van der Waals surface area contributed by atoms with Crippen LogP contribution >= 0.6 is 0 Å². The summed E-state index contributed by atoms with van der Waals surface area (Å²) in [5, 5.41) is 25.3. The zero-order chi connectivity index (χ0) is 25.9. The molecule has 0 aromatic rings. The molecule has 33 heavy (non-hydrogen) atoms. The van der Waals surface area contributed by atoms with E-state index in [4.69, 9.17) is 16.6 Å². The predicted molar refractivity (Wildman–Crippen MR) is 116 cm³/mol. The highest BCUT2D eigenvalue weighted by Gasteiger charge is 2.33. The number of hydrogen-bond donors (Lipinski definition) is 7. The molecule has 0 aliphatic heterocycles. The summed E-state index contributed by atoms with van der Waals surface area (Å²) in [5.41, 5.74) is 10.7. The van der Waals surface area contributed by atoms with Gasteiger partial charge in [-0.1, -0.05) is 34.1 Å². The minimum Gasteiger partial charge on any atom is -0.481 e. The molecule has 0 fully saturated rings. The molecule has 0 bridgehead atoms. The summed E-state index contributed by atoms with van der Waals surface area (Å²) < 4.78 is 0. The Kier molecular flexibility index (Phi) is 12.7. The van der Waals surface area contributed by atoms with Gasteiger partial charge in [0, 0.05) is 6.42 Å². The van der Waals surface area contributed by atoms with Crippen LogP contribution in [-0.2, 0) is 28.8 Å². The molecule has 0 heterocycles. The topological polar surface area (TPSA) is 231 Å². The molecule has 0 spiro atoms. The van der Waals surface area contributed by atoms with Crippen LogP contribution in [0.3, 0.4) is 0 Å². The number of carbonyl (C=O) groups is 6. The summed E-state index contributed by atoms with van der Waals surface area (Å²) in [6.45, 7) is 6.72. The Morgan fingerprint density at radius 2 is 1.36 bits per heavy atom. The van der Waals surface area contributed by atoms with Gasteiger partial charge in [0.15, 0.2) is 0 Å². The maximum absolute atomic E-state index is 12.9. The summed E-state index contributed by atoms with van der Waals surface area (Å²) in [4.78, 5) is 71.0. The maximum Gasteiger partial charge on any atom is 0.326 e. The first-order valence-corrected chi connectivity index (χ1v) is 10.6. The van der Waals surface area contributed by atoms with Crippen LogP contribution in [-0.4, -0.2) is 69.9 Å². The van der Waals surface area contributed by atoms with Crippen LogP contribution in [0.25, 0.3) is 0 Å². The van der Waals surface area contributed by atoms with Gasteiger partial charge >= 0.3 is 11.9 Å². The van der Waals surface area contributed by atoms with Crippen LogP contribution < -0.4 is 27.4 Å². The van der Waals surface area contributed by atoms with Crippen LogP contribution in [0.15, 0.2) is 0 Å². The second-order valence-corrected chi connectivity index (χ2v) is 8.21. The number of carboxylic acid groups (broad SMARTS) is 2. The van der Waals surface area contributed by atoms with Gasteiger partial charge < -0.3 is 37.6 Å². The van der Waals surface area contributed by atoms with Crippen molar-refractivity contribution in [3.8, 4) is 0 Å². The van der Waals surface area contributed by atoms with E-state index in [1.807, 2.05) is 0 Å². The molecule has 9 N–H and O–H groups in total. The van der Waals surface area contributed by atoms with Crippen molar-refractivity contribution in [1.82, 2.24) is 16.0 Å². The number of primary amides is 1. The molecule has 0 aliphatic carbocycles. The molecule has 5 unspecified atom stereocenters. The van der Waals surface area contributed by atoms with Gasteiger partial charge in [-0.25, -0.2) is 4.79 Å². The predicted octanol–water partition coefficient (Wildman–Crippen LogP) is -1.70. The van der Waals surface area contributed by atoms with Crippen LogP contribution in [0.4, 0.5) is 0 Å². The van der Waals surface area contributed by atoms with Crippen LogP contribution in [0.2, 0.25) is 0 Å². The van der Waals surface area contributed by atoms with Gasteiger partial charge in [0.25, 0.3) is 0 Å². The zero-order valence-corrected chi connectivity index (χ0v) is 19.3. The van der Waals surface area contributed by atoms with Crippen molar-refractivity contribution in [2.24, 2.45) is 23.3 Å². The highest BCUT2D eigenvalue weighted by molar-refractivity contribution is 5.95. The van der Waals surface area contributed by atoms with E-state index in [2.05, 4.69) is 16.0 Å². The molecule has 13 heteroatoms. The molecule has 4 amide bonds. The lowest BCUT2D eigenvalue weighted by molar-refractivity contribution is -0.143. The summed E-state index contributed by atoms with van der Waals surface area (Å²) in [6.07, 6.45) is -0.731. The van der Waals surface area contributed by atoms with Gasteiger partial charge in [-0.2, -0.15) is 0 Å². The van der Waals surface area contributed by atoms with E-state index in [0.717, 1.165) is 0 Å². The van der Waals surface area contributed by atoms with E-state index in [-0.39, 0.29) is 12.3 Å². The van der Waals surface area contributed by atoms with Gasteiger partial charge in [-0.05, 0) is 18.3 Å². The van der Waals surface area contributed by atoms with Crippen molar-refractivity contribution in [2.75, 3.05) is 0 Å². The monoisotopic (exact) mass is 473 g/mol. The number of carbonyl (C=O) groups excluding carboxylic acids is 4. The highest BCUT2D eigenvalue weighted by Crippen LogP contribution is 2.11. The number of aliphatic carboxylic acids is 2. The lowest BCUT2D eigenvalue weighted by Crippen LogP contribution is -2.60. The number of carboxylic acids is 2. The molecule has 0 saturated carbocycles. The number of amides is 4. The molecule has 0 aliphatic rings. The first-order chi connectivity index (χ1) is 15.2. The summed E-state index contributed by atoms with van der Waals surface area (Å²) in [6, 6.07) is -4.95. The Bertz CT molecular complexity index is 742. The Hall–Kier alpha value is -3.22. The molecule has 0 aromatic heterocycles. The normalized spacial score (nSPS) is 15.5. The van der Waals surface area contributed by atoms with E-state index in [0.29, 0.717) is 6.42 Å². The van der Waals surface area contributed by atoms with Crippen molar-refractivity contribution in [3.05, 3.63) is 0 Å². The van der Waals surface area contributed by atoms with Gasteiger partial charge in [0.2, 0.25) is 23.6 Å². The molecular weight excluding hydrogens is 438 g/mol. The fourth-order valence-corrected chi connectivity index (χ4v) is 2.84. The van der Waals surface area contributed by atoms with E-state index >= 15 is 0 Å². The molecule has 0 aromatic carbocycles. The van der Waals surface area contributed by atoms with Crippen molar-refractivity contribution < 1.29 is 39.0 Å². The third-order valence-corrected chi connectivity index (χ3v) is 5.06. The first kappa shape index (κ1) is 29.8. The lowest BCUT2D eigenvalue weighted by Gasteiger charge is -2.29. The fourth-order valence-electron chi connectivity index (χ4n) is 2.84. The third kappa shape index (κ3) is 10.8. The number of rotatable bonds is 15. The summed E-state index contributed by atoms with van der Waals surface area (Å²) in [5.74, 6) is -6.52. The van der Waals surface area contributed by atoms with E-state index in [1.165, 1.54) is 0 Å². The second kappa shape index (κ2) is 14.0. The number of nitrogens with one attached hydrogen (secondary N) is 3. The molecule has 188 valence electrons. The lowest BCUT2D eigenvalue weighted by atomic mass is 9.96. The van der Waals surface area contributed by atoms with Gasteiger partial charge in [-0.15, -0.1) is 0 Å². The minimum absolute atomic E-state index is 0.335. The van der Waals surface area contributed by atoms with Gasteiger partial charge in [0.05, 0.1) is 12.5 Å². The molecule has 13 nitrogen and oxygen atoms in total. The van der Waals surface area contributed by atoms with E-state index in [9.17, 15) is 33.9 Å². The molecule has 0 radical (unpaired) electrons. The Morgan fingerprint density at radius 3 is 1.79 bits per heavy atom. The maximum atomic E-state index is 12.9. The van der Waals surface area contributed by atoms with Crippen molar-refractivity contribution >= 4 is 35.6 Å². The number of nitrogens with two attached hydrogens (primary N) is 2. The quantitative estimate of drug-likeness (QED) is 0.143. The molecule has 5 atom stereocenters. The van der Waals surface area contributed by atoms with Gasteiger partial charge in [0.1, 0.15) is 18.1 Å². The van der Waals surface area contributed by atoms with Crippen molar-refractivity contribution in [2.45, 2.75) is 77.5 Å². The smallest absolute Gasteiger partial charge is 0.326 e. The second-order valence-electron chi connectivity index (χ2n) is 8.21. The van der Waals surface area contributed by atoms with Crippen molar-refractivity contribution in [1.29, 1.82) is 0 Å². The van der Waals surface area contributed by atoms with E-state index in [1.54, 1.807) is 27.7 Å². The average molecular weight is 474 g/mol. The SMILES string of the molecule is CCC(C)C(NC(=O)C(N)CC(N)=O)C(=O)NC(C(=O)NC(CCC(=O)O)C(=O)O)C(C)C. The van der Waals surface area contributed by atoms with Crippen LogP contribution in [0.1, 0.15) is 53.4 Å².